The van der Waals surface area contributed by atoms with E-state index in [4.69, 9.17) is 4.74 Å². The van der Waals surface area contributed by atoms with E-state index in [1.165, 1.54) is 0 Å². The number of sulfone groups is 1. The minimum absolute atomic E-state index is 0.206. The number of hydrogen-bond acceptors (Lipinski definition) is 4. The van der Waals surface area contributed by atoms with Crippen LogP contribution in [0.5, 0.6) is 0 Å². The van der Waals surface area contributed by atoms with E-state index < -0.39 is 9.84 Å². The Morgan fingerprint density at radius 3 is 2.50 bits per heavy atom. The Hall–Kier alpha value is -1.07. The van der Waals surface area contributed by atoms with E-state index in [0.29, 0.717) is 23.5 Å². The molecular formula is C15H23NO3S. The molecule has 2 rings (SSSR count). The lowest BCUT2D eigenvalue weighted by Crippen LogP contribution is -2.17. The summed E-state index contributed by atoms with van der Waals surface area (Å²) < 4.78 is 29.2. The third-order valence-electron chi connectivity index (χ3n) is 3.77. The fraction of sp³-hybridized carbons (Fsp3) is 0.600. The van der Waals surface area contributed by atoms with Crippen molar-refractivity contribution >= 4 is 15.5 Å². The van der Waals surface area contributed by atoms with Gasteiger partial charge in [0.1, 0.15) is 0 Å². The molecule has 0 saturated heterocycles. The van der Waals surface area contributed by atoms with Crippen molar-refractivity contribution in [1.82, 2.24) is 0 Å². The first kappa shape index (κ1) is 15.3. The Morgan fingerprint density at radius 2 is 1.95 bits per heavy atom. The molecule has 2 atom stereocenters. The normalized spacial score (nSPS) is 22.9. The van der Waals surface area contributed by atoms with E-state index in [2.05, 4.69) is 5.32 Å². The lowest BCUT2D eigenvalue weighted by atomic mass is 10.2. The summed E-state index contributed by atoms with van der Waals surface area (Å²) in [6.45, 7) is 1.87. The number of methoxy groups -OCH3 is 1. The zero-order valence-electron chi connectivity index (χ0n) is 12.1. The molecular weight excluding hydrogens is 274 g/mol. The summed E-state index contributed by atoms with van der Waals surface area (Å²) in [7, 11) is -1.36. The summed E-state index contributed by atoms with van der Waals surface area (Å²) >= 11 is 0. The molecule has 0 bridgehead atoms. The second-order valence-electron chi connectivity index (χ2n) is 5.36. The number of hydrogen-bond donors (Lipinski definition) is 1. The summed E-state index contributed by atoms with van der Waals surface area (Å²) in [5.41, 5.74) is 0.974. The predicted molar refractivity (Wildman–Crippen MR) is 80.8 cm³/mol. The molecule has 0 radical (unpaired) electrons. The largest absolute Gasteiger partial charge is 0.382 e. The summed E-state index contributed by atoms with van der Waals surface area (Å²) in [6.07, 6.45) is 4.16. The first-order chi connectivity index (χ1) is 9.55. The average molecular weight is 297 g/mol. The molecule has 4 nitrogen and oxygen atoms in total. The summed E-state index contributed by atoms with van der Waals surface area (Å²) in [5.74, 6) is 0.206. The van der Waals surface area contributed by atoms with Crippen molar-refractivity contribution in [3.8, 4) is 0 Å². The standard InChI is InChI=1S/C15H23NO3S/c1-3-10-20(17,18)15-8-5-12(6-9-15)16-13-4-7-14(11-13)19-2/h5-6,8-9,13-14,16H,3-4,7,10-11H2,1-2H3. The highest BCUT2D eigenvalue weighted by molar-refractivity contribution is 7.91. The molecule has 1 N–H and O–H groups in total. The van der Waals surface area contributed by atoms with E-state index >= 15 is 0 Å². The maximum absolute atomic E-state index is 11.9. The molecule has 0 heterocycles. The minimum atomic E-state index is -3.11. The quantitative estimate of drug-likeness (QED) is 0.877. The second kappa shape index (κ2) is 6.59. The molecule has 0 aliphatic heterocycles. The molecule has 1 aliphatic carbocycles. The van der Waals surface area contributed by atoms with Crippen LogP contribution in [0.15, 0.2) is 29.2 Å². The van der Waals surface area contributed by atoms with Crippen LogP contribution in [0.3, 0.4) is 0 Å². The van der Waals surface area contributed by atoms with Crippen molar-refractivity contribution in [3.63, 3.8) is 0 Å². The lowest BCUT2D eigenvalue weighted by Gasteiger charge is -2.14. The van der Waals surface area contributed by atoms with Crippen LogP contribution < -0.4 is 5.32 Å². The van der Waals surface area contributed by atoms with Gasteiger partial charge in [-0.2, -0.15) is 0 Å². The highest BCUT2D eigenvalue weighted by atomic mass is 32.2. The van der Waals surface area contributed by atoms with Crippen LogP contribution in [0.25, 0.3) is 0 Å². The Labute approximate surface area is 121 Å². The van der Waals surface area contributed by atoms with Gasteiger partial charge in [-0.25, -0.2) is 8.42 Å². The van der Waals surface area contributed by atoms with Crippen molar-refractivity contribution in [1.29, 1.82) is 0 Å². The number of nitrogens with one attached hydrogen (secondary N) is 1. The first-order valence-corrected chi connectivity index (χ1v) is 8.82. The van der Waals surface area contributed by atoms with Crippen LogP contribution >= 0.6 is 0 Å². The van der Waals surface area contributed by atoms with E-state index in [9.17, 15) is 8.42 Å². The van der Waals surface area contributed by atoms with Gasteiger partial charge in [-0.15, -0.1) is 0 Å². The van der Waals surface area contributed by atoms with Crippen LogP contribution in [0.1, 0.15) is 32.6 Å². The molecule has 0 spiro atoms. The van der Waals surface area contributed by atoms with Crippen molar-refractivity contribution in [3.05, 3.63) is 24.3 Å². The van der Waals surface area contributed by atoms with E-state index in [1.54, 1.807) is 19.2 Å². The highest BCUT2D eigenvalue weighted by Gasteiger charge is 2.24. The van der Waals surface area contributed by atoms with Crippen LogP contribution in [0, 0.1) is 0 Å². The first-order valence-electron chi connectivity index (χ1n) is 7.17. The second-order valence-corrected chi connectivity index (χ2v) is 7.46. The SMILES string of the molecule is CCCS(=O)(=O)c1ccc(NC2CCC(OC)C2)cc1. The zero-order chi connectivity index (χ0) is 14.6. The van der Waals surface area contributed by atoms with Crippen LogP contribution in [0.2, 0.25) is 0 Å². The van der Waals surface area contributed by atoms with E-state index in [-0.39, 0.29) is 5.75 Å². The van der Waals surface area contributed by atoms with Gasteiger partial charge >= 0.3 is 0 Å². The topological polar surface area (TPSA) is 55.4 Å². The van der Waals surface area contributed by atoms with Gasteiger partial charge in [0.2, 0.25) is 0 Å². The predicted octanol–water partition coefficient (Wildman–Crippen LogP) is 2.85. The van der Waals surface area contributed by atoms with E-state index in [0.717, 1.165) is 24.9 Å². The Balaban J connectivity index is 1.99. The smallest absolute Gasteiger partial charge is 0.178 e. The fourth-order valence-electron chi connectivity index (χ4n) is 2.67. The fourth-order valence-corrected chi connectivity index (χ4v) is 3.99. The third-order valence-corrected chi connectivity index (χ3v) is 5.71. The van der Waals surface area contributed by atoms with Crippen molar-refractivity contribution in [2.45, 2.75) is 49.6 Å². The molecule has 1 fully saturated rings. The average Bonchev–Trinajstić information content (AvgIpc) is 2.87. The van der Waals surface area contributed by atoms with Crippen molar-refractivity contribution in [2.24, 2.45) is 0 Å². The zero-order valence-corrected chi connectivity index (χ0v) is 12.9. The summed E-state index contributed by atoms with van der Waals surface area (Å²) in [4.78, 5) is 0.408. The number of rotatable bonds is 6. The van der Waals surface area contributed by atoms with Crippen molar-refractivity contribution < 1.29 is 13.2 Å². The minimum Gasteiger partial charge on any atom is -0.382 e. The Bertz CT molecular complexity index is 525. The lowest BCUT2D eigenvalue weighted by molar-refractivity contribution is 0.108. The number of anilines is 1. The number of ether oxygens (including phenoxy) is 1. The Kier molecular flexibility index (Phi) is 5.05. The van der Waals surface area contributed by atoms with Gasteiger partial charge in [0.25, 0.3) is 0 Å². The van der Waals surface area contributed by atoms with Gasteiger partial charge < -0.3 is 10.1 Å². The molecule has 112 valence electrons. The molecule has 1 aromatic carbocycles. The molecule has 1 aromatic rings. The van der Waals surface area contributed by atoms with E-state index in [1.807, 2.05) is 19.1 Å². The maximum Gasteiger partial charge on any atom is 0.178 e. The van der Waals surface area contributed by atoms with Gasteiger partial charge in [-0.05, 0) is 49.9 Å². The molecule has 1 saturated carbocycles. The van der Waals surface area contributed by atoms with Gasteiger partial charge in [0.05, 0.1) is 16.8 Å². The monoisotopic (exact) mass is 297 g/mol. The molecule has 20 heavy (non-hydrogen) atoms. The molecule has 2 unspecified atom stereocenters. The molecule has 0 amide bonds. The molecule has 0 aromatic heterocycles. The molecule has 5 heteroatoms. The highest BCUT2D eigenvalue weighted by Crippen LogP contribution is 2.25. The van der Waals surface area contributed by atoms with Gasteiger partial charge in [0.15, 0.2) is 9.84 Å². The van der Waals surface area contributed by atoms with Crippen LogP contribution in [-0.2, 0) is 14.6 Å². The number of benzene rings is 1. The molecule has 1 aliphatic rings. The van der Waals surface area contributed by atoms with Crippen LogP contribution in [-0.4, -0.2) is 33.4 Å². The van der Waals surface area contributed by atoms with Crippen molar-refractivity contribution in [2.75, 3.05) is 18.2 Å². The van der Waals surface area contributed by atoms with Gasteiger partial charge in [-0.3, -0.25) is 0 Å². The maximum atomic E-state index is 11.9. The van der Waals surface area contributed by atoms with Crippen LogP contribution in [0.4, 0.5) is 5.69 Å². The summed E-state index contributed by atoms with van der Waals surface area (Å²) in [6, 6.07) is 7.50. The summed E-state index contributed by atoms with van der Waals surface area (Å²) in [5, 5.41) is 3.44. The Morgan fingerprint density at radius 1 is 1.25 bits per heavy atom. The third kappa shape index (κ3) is 3.73. The van der Waals surface area contributed by atoms with Gasteiger partial charge in [-0.1, -0.05) is 6.92 Å². The van der Waals surface area contributed by atoms with Gasteiger partial charge in [0, 0.05) is 18.8 Å².